The number of hydrogen-bond donors (Lipinski definition) is 0. The minimum Gasteiger partial charge on any atom is -0.334 e. The summed E-state index contributed by atoms with van der Waals surface area (Å²) in [5.74, 6) is -0.755. The normalized spacial score (nSPS) is 10.1. The van der Waals surface area contributed by atoms with E-state index in [0.29, 0.717) is 22.8 Å². The predicted octanol–water partition coefficient (Wildman–Crippen LogP) is 3.41. The van der Waals surface area contributed by atoms with Crippen molar-refractivity contribution in [2.24, 2.45) is 0 Å². The summed E-state index contributed by atoms with van der Waals surface area (Å²) >= 11 is 5.70. The SMILES string of the molecule is CCN(Cc1ccc(C#N)cc1F)C(=O)c1ccc(Cl)nc1. The number of nitriles is 1. The number of aromatic nitrogens is 1. The summed E-state index contributed by atoms with van der Waals surface area (Å²) in [6.07, 6.45) is 1.39. The van der Waals surface area contributed by atoms with Crippen molar-refractivity contribution in [3.8, 4) is 6.07 Å². The molecule has 0 aliphatic carbocycles. The highest BCUT2D eigenvalue weighted by Crippen LogP contribution is 2.15. The molecular weight excluding hydrogens is 305 g/mol. The quantitative estimate of drug-likeness (QED) is 0.812. The molecule has 0 aliphatic heterocycles. The number of nitrogens with zero attached hydrogens (tertiary/aromatic N) is 3. The van der Waals surface area contributed by atoms with Crippen LogP contribution in [0.2, 0.25) is 5.15 Å². The van der Waals surface area contributed by atoms with E-state index < -0.39 is 5.82 Å². The lowest BCUT2D eigenvalue weighted by Gasteiger charge is -2.21. The fourth-order valence-corrected chi connectivity index (χ4v) is 2.07. The largest absolute Gasteiger partial charge is 0.334 e. The van der Waals surface area contributed by atoms with Crippen LogP contribution in [0.1, 0.15) is 28.4 Å². The monoisotopic (exact) mass is 317 g/mol. The van der Waals surface area contributed by atoms with Crippen molar-refractivity contribution in [3.05, 3.63) is 64.2 Å². The van der Waals surface area contributed by atoms with E-state index in [1.807, 2.05) is 13.0 Å². The summed E-state index contributed by atoms with van der Waals surface area (Å²) < 4.78 is 13.9. The summed E-state index contributed by atoms with van der Waals surface area (Å²) in [5, 5.41) is 9.04. The lowest BCUT2D eigenvalue weighted by molar-refractivity contribution is 0.0750. The van der Waals surface area contributed by atoms with Crippen LogP contribution in [0.4, 0.5) is 4.39 Å². The first-order chi connectivity index (χ1) is 10.5. The highest BCUT2D eigenvalue weighted by Gasteiger charge is 2.16. The van der Waals surface area contributed by atoms with E-state index in [9.17, 15) is 9.18 Å². The molecule has 0 fully saturated rings. The molecule has 1 amide bonds. The van der Waals surface area contributed by atoms with E-state index in [4.69, 9.17) is 16.9 Å². The van der Waals surface area contributed by atoms with Crippen LogP contribution in [-0.2, 0) is 6.54 Å². The zero-order valence-corrected chi connectivity index (χ0v) is 12.6. The van der Waals surface area contributed by atoms with Crippen LogP contribution in [0.3, 0.4) is 0 Å². The van der Waals surface area contributed by atoms with Crippen LogP contribution in [-0.4, -0.2) is 22.3 Å². The van der Waals surface area contributed by atoms with E-state index in [1.54, 1.807) is 6.07 Å². The smallest absolute Gasteiger partial charge is 0.255 e. The first-order valence-electron chi connectivity index (χ1n) is 6.64. The Kier molecular flexibility index (Phi) is 5.08. The Balaban J connectivity index is 2.20. The molecule has 0 saturated heterocycles. The Bertz CT molecular complexity index is 725. The molecule has 1 aromatic carbocycles. The molecule has 0 N–H and O–H groups in total. The van der Waals surface area contributed by atoms with E-state index in [0.717, 1.165) is 6.07 Å². The molecule has 1 heterocycles. The van der Waals surface area contributed by atoms with Crippen LogP contribution in [0, 0.1) is 17.1 Å². The van der Waals surface area contributed by atoms with Gasteiger partial charge < -0.3 is 4.90 Å². The van der Waals surface area contributed by atoms with E-state index >= 15 is 0 Å². The average Bonchev–Trinajstić information content (AvgIpc) is 2.53. The molecule has 0 atom stereocenters. The van der Waals surface area contributed by atoms with Crippen LogP contribution in [0.25, 0.3) is 0 Å². The lowest BCUT2D eigenvalue weighted by Crippen LogP contribution is -2.30. The molecule has 2 aromatic rings. The van der Waals surface area contributed by atoms with Gasteiger partial charge in [0, 0.05) is 24.8 Å². The molecule has 22 heavy (non-hydrogen) atoms. The fraction of sp³-hybridized carbons (Fsp3) is 0.188. The maximum absolute atomic E-state index is 13.9. The number of carbonyl (C=O) groups excluding carboxylic acids is 1. The second kappa shape index (κ2) is 7.01. The van der Waals surface area contributed by atoms with Gasteiger partial charge in [0.2, 0.25) is 0 Å². The molecule has 4 nitrogen and oxygen atoms in total. The van der Waals surface area contributed by atoms with Gasteiger partial charge in [-0.2, -0.15) is 5.26 Å². The molecule has 112 valence electrons. The molecule has 2 rings (SSSR count). The van der Waals surface area contributed by atoms with Gasteiger partial charge in [-0.15, -0.1) is 0 Å². The molecular formula is C16H13ClFN3O. The summed E-state index contributed by atoms with van der Waals surface area (Å²) in [7, 11) is 0. The average molecular weight is 318 g/mol. The van der Waals surface area contributed by atoms with Crippen LogP contribution < -0.4 is 0 Å². The fourth-order valence-electron chi connectivity index (χ4n) is 1.96. The van der Waals surface area contributed by atoms with Gasteiger partial charge in [0.25, 0.3) is 5.91 Å². The molecule has 0 spiro atoms. The second-order valence-electron chi connectivity index (χ2n) is 4.61. The molecule has 0 unspecified atom stereocenters. The van der Waals surface area contributed by atoms with Gasteiger partial charge in [-0.25, -0.2) is 9.37 Å². The van der Waals surface area contributed by atoms with Gasteiger partial charge in [-0.3, -0.25) is 4.79 Å². The summed E-state index contributed by atoms with van der Waals surface area (Å²) in [6.45, 7) is 2.35. The number of rotatable bonds is 4. The Hall–Kier alpha value is -2.45. The van der Waals surface area contributed by atoms with Crippen LogP contribution >= 0.6 is 11.6 Å². The van der Waals surface area contributed by atoms with Gasteiger partial charge >= 0.3 is 0 Å². The number of halogens is 2. The molecule has 0 aliphatic rings. The van der Waals surface area contributed by atoms with Crippen molar-refractivity contribution in [1.29, 1.82) is 5.26 Å². The van der Waals surface area contributed by atoms with Crippen molar-refractivity contribution in [2.45, 2.75) is 13.5 Å². The standard InChI is InChI=1S/C16H13ClFN3O/c1-2-21(16(22)12-5-6-15(17)20-9-12)10-13-4-3-11(8-19)7-14(13)18/h3-7,9H,2,10H2,1H3. The van der Waals surface area contributed by atoms with Crippen molar-refractivity contribution in [2.75, 3.05) is 6.54 Å². The third-order valence-corrected chi connectivity index (χ3v) is 3.41. The van der Waals surface area contributed by atoms with Crippen molar-refractivity contribution in [1.82, 2.24) is 9.88 Å². The minimum atomic E-state index is -0.500. The van der Waals surface area contributed by atoms with Crippen molar-refractivity contribution in [3.63, 3.8) is 0 Å². The predicted molar refractivity (Wildman–Crippen MR) is 80.8 cm³/mol. The van der Waals surface area contributed by atoms with Crippen molar-refractivity contribution >= 4 is 17.5 Å². The highest BCUT2D eigenvalue weighted by atomic mass is 35.5. The van der Waals surface area contributed by atoms with Gasteiger partial charge in [0.15, 0.2) is 0 Å². The van der Waals surface area contributed by atoms with Crippen LogP contribution in [0.5, 0.6) is 0 Å². The molecule has 0 bridgehead atoms. The number of hydrogen-bond acceptors (Lipinski definition) is 3. The second-order valence-corrected chi connectivity index (χ2v) is 4.99. The third kappa shape index (κ3) is 3.60. The maximum atomic E-state index is 13.9. The number of carbonyl (C=O) groups is 1. The van der Waals surface area contributed by atoms with E-state index in [-0.39, 0.29) is 18.0 Å². The zero-order valence-electron chi connectivity index (χ0n) is 11.9. The summed E-state index contributed by atoms with van der Waals surface area (Å²) in [6, 6.07) is 9.20. The molecule has 0 radical (unpaired) electrons. The number of amides is 1. The first-order valence-corrected chi connectivity index (χ1v) is 7.02. The Morgan fingerprint density at radius 1 is 1.41 bits per heavy atom. The number of pyridine rings is 1. The highest BCUT2D eigenvalue weighted by molar-refractivity contribution is 6.29. The van der Waals surface area contributed by atoms with Crippen molar-refractivity contribution < 1.29 is 9.18 Å². The third-order valence-electron chi connectivity index (χ3n) is 3.19. The lowest BCUT2D eigenvalue weighted by atomic mass is 10.1. The summed E-state index contributed by atoms with van der Waals surface area (Å²) in [4.78, 5) is 17.8. The molecule has 1 aromatic heterocycles. The van der Waals surface area contributed by atoms with Gasteiger partial charge in [-0.1, -0.05) is 17.7 Å². The zero-order chi connectivity index (χ0) is 16.1. The van der Waals surface area contributed by atoms with Gasteiger partial charge in [0.1, 0.15) is 11.0 Å². The topological polar surface area (TPSA) is 57.0 Å². The molecule has 0 saturated carbocycles. The van der Waals surface area contributed by atoms with Crippen LogP contribution in [0.15, 0.2) is 36.5 Å². The minimum absolute atomic E-state index is 0.121. The summed E-state index contributed by atoms with van der Waals surface area (Å²) in [5.41, 5.74) is 0.994. The van der Waals surface area contributed by atoms with Gasteiger partial charge in [-0.05, 0) is 31.2 Å². The molecule has 6 heteroatoms. The maximum Gasteiger partial charge on any atom is 0.255 e. The Morgan fingerprint density at radius 3 is 2.73 bits per heavy atom. The Morgan fingerprint density at radius 2 is 2.18 bits per heavy atom. The van der Waals surface area contributed by atoms with Gasteiger partial charge in [0.05, 0.1) is 17.2 Å². The Labute approximate surface area is 132 Å². The first kappa shape index (κ1) is 15.9. The number of benzene rings is 1. The van der Waals surface area contributed by atoms with E-state index in [2.05, 4.69) is 4.98 Å². The van der Waals surface area contributed by atoms with E-state index in [1.165, 1.54) is 29.3 Å².